The van der Waals surface area contributed by atoms with E-state index in [1.807, 2.05) is 24.3 Å². The molecule has 0 bridgehead atoms. The van der Waals surface area contributed by atoms with Gasteiger partial charge in [0, 0.05) is 25.2 Å². The Labute approximate surface area is 121 Å². The molecule has 0 fully saturated rings. The van der Waals surface area contributed by atoms with Crippen molar-refractivity contribution in [1.29, 1.82) is 0 Å². The number of nitrogens with zero attached hydrogens (tertiary/aromatic N) is 2. The second-order valence-corrected chi connectivity index (χ2v) is 4.80. The molecule has 0 radical (unpaired) electrons. The van der Waals surface area contributed by atoms with Crippen molar-refractivity contribution in [2.45, 2.75) is 26.8 Å². The van der Waals surface area contributed by atoms with Crippen molar-refractivity contribution in [2.24, 2.45) is 10.9 Å². The van der Waals surface area contributed by atoms with Crippen LogP contribution in [-0.2, 0) is 6.54 Å². The molecule has 0 unspecified atom stereocenters. The number of likely N-dealkylation sites (N-methyl/N-ethyl adjacent to an activating group) is 1. The van der Waals surface area contributed by atoms with E-state index in [0.717, 1.165) is 43.9 Å². The molecular weight excluding hydrogens is 252 g/mol. The van der Waals surface area contributed by atoms with Gasteiger partial charge in [0.25, 0.3) is 0 Å². The second-order valence-electron chi connectivity index (χ2n) is 4.80. The summed E-state index contributed by atoms with van der Waals surface area (Å²) in [5.41, 5.74) is 7.46. The molecule has 5 heteroatoms. The Morgan fingerprint density at radius 3 is 2.80 bits per heavy atom. The third-order valence-electron chi connectivity index (χ3n) is 3.25. The minimum Gasteiger partial charge on any atom is -0.409 e. The summed E-state index contributed by atoms with van der Waals surface area (Å²) in [6.07, 6.45) is 1.19. The molecule has 1 rings (SSSR count). The molecule has 0 aliphatic heterocycles. The summed E-state index contributed by atoms with van der Waals surface area (Å²) < 4.78 is 0. The third-order valence-corrected chi connectivity index (χ3v) is 3.25. The van der Waals surface area contributed by atoms with Crippen LogP contribution in [0.4, 0.5) is 0 Å². The Morgan fingerprint density at radius 2 is 2.15 bits per heavy atom. The highest BCUT2D eigenvalue weighted by Crippen LogP contribution is 2.04. The fourth-order valence-electron chi connectivity index (χ4n) is 2.11. The maximum Gasteiger partial charge on any atom is 0.170 e. The van der Waals surface area contributed by atoms with Gasteiger partial charge in [-0.3, -0.25) is 0 Å². The molecule has 112 valence electrons. The maximum atomic E-state index is 8.67. The zero-order valence-electron chi connectivity index (χ0n) is 12.5. The van der Waals surface area contributed by atoms with Crippen LogP contribution >= 0.6 is 0 Å². The van der Waals surface area contributed by atoms with Crippen LogP contribution in [0.3, 0.4) is 0 Å². The first-order chi connectivity index (χ1) is 9.71. The molecule has 0 aliphatic rings. The molecule has 5 nitrogen and oxygen atoms in total. The Bertz CT molecular complexity index is 420. The zero-order chi connectivity index (χ0) is 14.8. The molecule has 0 saturated heterocycles. The highest BCUT2D eigenvalue weighted by Gasteiger charge is 2.02. The molecule has 0 amide bonds. The van der Waals surface area contributed by atoms with E-state index >= 15 is 0 Å². The summed E-state index contributed by atoms with van der Waals surface area (Å²) in [6, 6.07) is 7.72. The molecule has 20 heavy (non-hydrogen) atoms. The van der Waals surface area contributed by atoms with Crippen LogP contribution in [-0.4, -0.2) is 42.1 Å². The summed E-state index contributed by atoms with van der Waals surface area (Å²) in [4.78, 5) is 2.43. The number of hydrogen-bond acceptors (Lipinski definition) is 4. The van der Waals surface area contributed by atoms with E-state index in [4.69, 9.17) is 10.9 Å². The molecule has 0 aliphatic carbocycles. The van der Waals surface area contributed by atoms with Gasteiger partial charge in [-0.15, -0.1) is 0 Å². The van der Waals surface area contributed by atoms with Crippen LogP contribution in [0, 0.1) is 0 Å². The molecule has 0 aromatic heterocycles. The van der Waals surface area contributed by atoms with Crippen LogP contribution in [0.15, 0.2) is 29.4 Å². The van der Waals surface area contributed by atoms with Crippen molar-refractivity contribution >= 4 is 5.84 Å². The van der Waals surface area contributed by atoms with Gasteiger partial charge in [0.2, 0.25) is 0 Å². The molecule has 1 aromatic carbocycles. The lowest BCUT2D eigenvalue weighted by molar-refractivity contribution is 0.287. The first kappa shape index (κ1) is 16.5. The van der Waals surface area contributed by atoms with Crippen LogP contribution < -0.4 is 11.1 Å². The quantitative estimate of drug-likeness (QED) is 0.211. The average Bonchev–Trinajstić information content (AvgIpc) is 2.49. The largest absolute Gasteiger partial charge is 0.409 e. The maximum absolute atomic E-state index is 8.67. The van der Waals surface area contributed by atoms with E-state index in [9.17, 15) is 0 Å². The fourth-order valence-corrected chi connectivity index (χ4v) is 2.11. The highest BCUT2D eigenvalue weighted by molar-refractivity contribution is 5.97. The number of benzene rings is 1. The van der Waals surface area contributed by atoms with Gasteiger partial charge in [-0.05, 0) is 31.1 Å². The molecule has 0 spiro atoms. The highest BCUT2D eigenvalue weighted by atomic mass is 16.4. The molecule has 4 N–H and O–H groups in total. The van der Waals surface area contributed by atoms with Gasteiger partial charge < -0.3 is 21.2 Å². The third kappa shape index (κ3) is 5.59. The van der Waals surface area contributed by atoms with Crippen LogP contribution in [0.1, 0.15) is 31.4 Å². The smallest absolute Gasteiger partial charge is 0.170 e. The fraction of sp³-hybridized carbons (Fsp3) is 0.533. The van der Waals surface area contributed by atoms with E-state index < -0.39 is 0 Å². The number of amidine groups is 1. The first-order valence-electron chi connectivity index (χ1n) is 7.21. The van der Waals surface area contributed by atoms with Gasteiger partial charge >= 0.3 is 0 Å². The van der Waals surface area contributed by atoms with Gasteiger partial charge in [-0.25, -0.2) is 0 Å². The molecule has 0 saturated carbocycles. The predicted molar refractivity (Wildman–Crippen MR) is 83.1 cm³/mol. The summed E-state index contributed by atoms with van der Waals surface area (Å²) in [6.45, 7) is 9.44. The van der Waals surface area contributed by atoms with Crippen LogP contribution in [0.25, 0.3) is 0 Å². The Kier molecular flexibility index (Phi) is 7.69. The van der Waals surface area contributed by atoms with Crippen molar-refractivity contribution in [3.63, 3.8) is 0 Å². The van der Waals surface area contributed by atoms with E-state index in [0.29, 0.717) is 0 Å². The Hall–Kier alpha value is -1.59. The first-order valence-corrected chi connectivity index (χ1v) is 7.21. The van der Waals surface area contributed by atoms with Crippen molar-refractivity contribution < 1.29 is 5.21 Å². The summed E-state index contributed by atoms with van der Waals surface area (Å²) in [7, 11) is 0. The minimum atomic E-state index is 0.145. The van der Waals surface area contributed by atoms with Crippen LogP contribution in [0.2, 0.25) is 0 Å². The van der Waals surface area contributed by atoms with Crippen molar-refractivity contribution in [3.05, 3.63) is 35.4 Å². The lowest BCUT2D eigenvalue weighted by Gasteiger charge is -2.19. The number of nitrogens with two attached hydrogens (primary N) is 1. The Balaban J connectivity index is 2.38. The Morgan fingerprint density at radius 1 is 1.35 bits per heavy atom. The summed E-state index contributed by atoms with van der Waals surface area (Å²) >= 11 is 0. The van der Waals surface area contributed by atoms with Crippen molar-refractivity contribution in [2.75, 3.05) is 26.2 Å². The number of oxime groups is 1. The van der Waals surface area contributed by atoms with Gasteiger partial charge in [0.05, 0.1) is 0 Å². The molecule has 0 atom stereocenters. The van der Waals surface area contributed by atoms with E-state index in [1.54, 1.807) is 0 Å². The number of hydrogen-bond donors (Lipinski definition) is 3. The van der Waals surface area contributed by atoms with Crippen molar-refractivity contribution in [1.82, 2.24) is 10.2 Å². The zero-order valence-corrected chi connectivity index (χ0v) is 12.5. The lowest BCUT2D eigenvalue weighted by Crippen LogP contribution is -2.32. The SMILES string of the molecule is CCCN(CC)CCNCc1cccc(/C(N)=N/O)c1. The van der Waals surface area contributed by atoms with E-state index in [1.165, 1.54) is 6.42 Å². The molecule has 1 aromatic rings. The van der Waals surface area contributed by atoms with Crippen molar-refractivity contribution in [3.8, 4) is 0 Å². The van der Waals surface area contributed by atoms with Gasteiger partial charge in [0.1, 0.15) is 0 Å². The summed E-state index contributed by atoms with van der Waals surface area (Å²) in [5.74, 6) is 0.145. The van der Waals surface area contributed by atoms with E-state index in [-0.39, 0.29) is 5.84 Å². The van der Waals surface area contributed by atoms with E-state index in [2.05, 4.69) is 29.2 Å². The molecule has 0 heterocycles. The standard InChI is InChI=1S/C15H26N4O/c1-3-9-19(4-2)10-8-17-12-13-6-5-7-14(11-13)15(16)18-20/h5-7,11,17,20H,3-4,8-10,12H2,1-2H3,(H2,16,18). The molecular formula is C15H26N4O. The van der Waals surface area contributed by atoms with Gasteiger partial charge in [-0.1, -0.05) is 37.2 Å². The number of rotatable bonds is 9. The number of nitrogens with one attached hydrogen (secondary N) is 1. The minimum absolute atomic E-state index is 0.145. The lowest BCUT2D eigenvalue weighted by atomic mass is 10.1. The predicted octanol–water partition coefficient (Wildman–Crippen LogP) is 1.60. The summed E-state index contributed by atoms with van der Waals surface area (Å²) in [5, 5.41) is 15.1. The normalized spacial score (nSPS) is 12.1. The second kappa shape index (κ2) is 9.34. The van der Waals surface area contributed by atoms with Gasteiger partial charge in [-0.2, -0.15) is 0 Å². The van der Waals surface area contributed by atoms with Crippen LogP contribution in [0.5, 0.6) is 0 Å². The average molecular weight is 278 g/mol. The monoisotopic (exact) mass is 278 g/mol. The van der Waals surface area contributed by atoms with Gasteiger partial charge in [0.15, 0.2) is 5.84 Å². The topological polar surface area (TPSA) is 73.9 Å².